The number of rotatable bonds is 3. The molecular weight excluding hydrogens is 266 g/mol. The lowest BCUT2D eigenvalue weighted by molar-refractivity contribution is -0.138. The van der Waals surface area contributed by atoms with Crippen LogP contribution in [0, 0.1) is 5.92 Å². The topological polar surface area (TPSA) is 44.8 Å². The molecule has 3 fully saturated rings. The Morgan fingerprint density at radius 1 is 1.10 bits per heavy atom. The van der Waals surface area contributed by atoms with Crippen LogP contribution in [0.15, 0.2) is 0 Å². The number of nitrogens with zero attached hydrogens (tertiary/aromatic N) is 2. The van der Waals surface area contributed by atoms with Crippen molar-refractivity contribution >= 4 is 5.91 Å². The summed E-state index contributed by atoms with van der Waals surface area (Å²) in [7, 11) is 0. The van der Waals surface area contributed by atoms with E-state index in [1.807, 2.05) is 4.90 Å². The zero-order valence-corrected chi connectivity index (χ0v) is 13.1. The third-order valence-electron chi connectivity index (χ3n) is 5.14. The highest BCUT2D eigenvalue weighted by Gasteiger charge is 2.29. The van der Waals surface area contributed by atoms with Gasteiger partial charge in [0, 0.05) is 39.3 Å². The lowest BCUT2D eigenvalue weighted by Crippen LogP contribution is -2.57. The Hall–Kier alpha value is -0.650. The molecule has 5 heteroatoms. The van der Waals surface area contributed by atoms with Gasteiger partial charge in [0.05, 0.1) is 13.2 Å². The normalized spacial score (nSPS) is 29.5. The minimum absolute atomic E-state index is 0.122. The highest BCUT2D eigenvalue weighted by atomic mass is 16.5. The second-order valence-electron chi connectivity index (χ2n) is 6.71. The molecule has 1 atom stereocenters. The zero-order valence-electron chi connectivity index (χ0n) is 13.1. The first kappa shape index (κ1) is 15.3. The summed E-state index contributed by atoms with van der Waals surface area (Å²) in [4.78, 5) is 17.0. The molecule has 1 unspecified atom stereocenters. The van der Waals surface area contributed by atoms with Crippen LogP contribution in [-0.4, -0.2) is 74.2 Å². The Labute approximate surface area is 128 Å². The number of hydrogen-bond acceptors (Lipinski definition) is 4. The standard InChI is InChI=1S/C16H29N3O2/c20-16(15-13-21-11-6-17-15)19-9-7-18(8-10-19)12-14-4-2-1-3-5-14/h14-15,17H,1-13H2. The Balaban J connectivity index is 1.40. The fourth-order valence-corrected chi connectivity index (χ4v) is 3.83. The molecule has 2 aliphatic heterocycles. The first-order chi connectivity index (χ1) is 10.3. The highest BCUT2D eigenvalue weighted by Crippen LogP contribution is 2.24. The number of nitrogens with one attached hydrogen (secondary N) is 1. The number of hydrogen-bond donors (Lipinski definition) is 1. The van der Waals surface area contributed by atoms with E-state index in [9.17, 15) is 4.79 Å². The molecule has 1 amide bonds. The molecule has 0 bridgehead atoms. The maximum absolute atomic E-state index is 12.4. The second-order valence-corrected chi connectivity index (χ2v) is 6.71. The summed E-state index contributed by atoms with van der Waals surface area (Å²) in [6.45, 7) is 7.12. The SMILES string of the molecule is O=C(C1COCCN1)N1CCN(CC2CCCCC2)CC1. The minimum Gasteiger partial charge on any atom is -0.378 e. The molecule has 21 heavy (non-hydrogen) atoms. The van der Waals surface area contributed by atoms with Crippen molar-refractivity contribution in [2.75, 3.05) is 52.5 Å². The molecule has 3 rings (SSSR count). The summed E-state index contributed by atoms with van der Waals surface area (Å²) in [5, 5.41) is 3.26. The van der Waals surface area contributed by atoms with Gasteiger partial charge in [0.15, 0.2) is 0 Å². The molecule has 2 heterocycles. The van der Waals surface area contributed by atoms with E-state index in [0.29, 0.717) is 6.61 Å². The summed E-state index contributed by atoms with van der Waals surface area (Å²) >= 11 is 0. The van der Waals surface area contributed by atoms with Crippen molar-refractivity contribution < 1.29 is 9.53 Å². The van der Waals surface area contributed by atoms with Crippen molar-refractivity contribution in [1.82, 2.24) is 15.1 Å². The lowest BCUT2D eigenvalue weighted by atomic mass is 9.89. The summed E-state index contributed by atoms with van der Waals surface area (Å²) in [6, 6.07) is -0.122. The number of carbonyl (C=O) groups is 1. The number of piperazine rings is 1. The summed E-state index contributed by atoms with van der Waals surface area (Å²) < 4.78 is 5.40. The van der Waals surface area contributed by atoms with E-state index >= 15 is 0 Å². The second kappa shape index (κ2) is 7.56. The summed E-state index contributed by atoms with van der Waals surface area (Å²) in [5.74, 6) is 1.13. The van der Waals surface area contributed by atoms with Gasteiger partial charge < -0.3 is 15.0 Å². The van der Waals surface area contributed by atoms with E-state index in [-0.39, 0.29) is 11.9 Å². The predicted molar refractivity (Wildman–Crippen MR) is 82.2 cm³/mol. The molecule has 0 aromatic rings. The van der Waals surface area contributed by atoms with Gasteiger partial charge in [-0.05, 0) is 18.8 Å². The molecule has 0 aromatic carbocycles. The first-order valence-electron chi connectivity index (χ1n) is 8.65. The third-order valence-corrected chi connectivity index (χ3v) is 5.14. The van der Waals surface area contributed by atoms with Crippen molar-refractivity contribution in [3.05, 3.63) is 0 Å². The van der Waals surface area contributed by atoms with E-state index in [1.54, 1.807) is 0 Å². The molecule has 0 aromatic heterocycles. The van der Waals surface area contributed by atoms with E-state index in [0.717, 1.165) is 45.2 Å². The lowest BCUT2D eigenvalue weighted by Gasteiger charge is -2.39. The molecule has 1 N–H and O–H groups in total. The summed E-state index contributed by atoms with van der Waals surface area (Å²) in [5.41, 5.74) is 0. The molecule has 0 spiro atoms. The van der Waals surface area contributed by atoms with E-state index in [1.165, 1.54) is 38.6 Å². The minimum atomic E-state index is -0.122. The average molecular weight is 295 g/mol. The largest absolute Gasteiger partial charge is 0.378 e. The Bertz CT molecular complexity index is 330. The van der Waals surface area contributed by atoms with Crippen LogP contribution in [0.2, 0.25) is 0 Å². The van der Waals surface area contributed by atoms with Crippen LogP contribution in [0.25, 0.3) is 0 Å². The van der Waals surface area contributed by atoms with Gasteiger partial charge in [0.2, 0.25) is 5.91 Å². The Morgan fingerprint density at radius 2 is 1.86 bits per heavy atom. The number of ether oxygens (including phenoxy) is 1. The van der Waals surface area contributed by atoms with Crippen molar-refractivity contribution in [1.29, 1.82) is 0 Å². The van der Waals surface area contributed by atoms with Crippen LogP contribution in [0.4, 0.5) is 0 Å². The van der Waals surface area contributed by atoms with Gasteiger partial charge in [-0.1, -0.05) is 19.3 Å². The third kappa shape index (κ3) is 4.18. The number of morpholine rings is 1. The van der Waals surface area contributed by atoms with E-state index in [4.69, 9.17) is 4.74 Å². The summed E-state index contributed by atoms with van der Waals surface area (Å²) in [6.07, 6.45) is 7.06. The Morgan fingerprint density at radius 3 is 2.52 bits per heavy atom. The van der Waals surface area contributed by atoms with Crippen LogP contribution in [0.5, 0.6) is 0 Å². The highest BCUT2D eigenvalue weighted by molar-refractivity contribution is 5.82. The molecule has 3 aliphatic rings. The maximum atomic E-state index is 12.4. The molecule has 2 saturated heterocycles. The fourth-order valence-electron chi connectivity index (χ4n) is 3.83. The molecule has 0 radical (unpaired) electrons. The fraction of sp³-hybridized carbons (Fsp3) is 0.938. The van der Waals surface area contributed by atoms with E-state index < -0.39 is 0 Å². The number of amides is 1. The van der Waals surface area contributed by atoms with Gasteiger partial charge in [0.25, 0.3) is 0 Å². The Kier molecular flexibility index (Phi) is 5.49. The van der Waals surface area contributed by atoms with Gasteiger partial charge in [-0.25, -0.2) is 0 Å². The maximum Gasteiger partial charge on any atom is 0.242 e. The predicted octanol–water partition coefficient (Wildman–Crippen LogP) is 0.699. The van der Waals surface area contributed by atoms with Crippen molar-refractivity contribution in [3.8, 4) is 0 Å². The zero-order chi connectivity index (χ0) is 14.5. The van der Waals surface area contributed by atoms with Crippen LogP contribution in [0.1, 0.15) is 32.1 Å². The molecule has 5 nitrogen and oxygen atoms in total. The molecular formula is C16H29N3O2. The van der Waals surface area contributed by atoms with Gasteiger partial charge >= 0.3 is 0 Å². The van der Waals surface area contributed by atoms with Crippen LogP contribution in [-0.2, 0) is 9.53 Å². The average Bonchev–Trinajstić information content (AvgIpc) is 2.57. The van der Waals surface area contributed by atoms with Crippen LogP contribution >= 0.6 is 0 Å². The first-order valence-corrected chi connectivity index (χ1v) is 8.65. The van der Waals surface area contributed by atoms with Crippen molar-refractivity contribution in [2.24, 2.45) is 5.92 Å². The van der Waals surface area contributed by atoms with Crippen molar-refractivity contribution in [3.63, 3.8) is 0 Å². The molecule has 1 aliphatic carbocycles. The molecule has 120 valence electrons. The van der Waals surface area contributed by atoms with Gasteiger partial charge in [-0.15, -0.1) is 0 Å². The van der Waals surface area contributed by atoms with Crippen LogP contribution in [0.3, 0.4) is 0 Å². The van der Waals surface area contributed by atoms with Crippen LogP contribution < -0.4 is 5.32 Å². The van der Waals surface area contributed by atoms with Gasteiger partial charge in [-0.3, -0.25) is 9.69 Å². The quantitative estimate of drug-likeness (QED) is 0.832. The van der Waals surface area contributed by atoms with E-state index in [2.05, 4.69) is 10.2 Å². The van der Waals surface area contributed by atoms with Gasteiger partial charge in [0.1, 0.15) is 6.04 Å². The number of carbonyl (C=O) groups excluding carboxylic acids is 1. The smallest absolute Gasteiger partial charge is 0.242 e. The monoisotopic (exact) mass is 295 g/mol. The molecule has 1 saturated carbocycles. The van der Waals surface area contributed by atoms with Crippen molar-refractivity contribution in [2.45, 2.75) is 38.1 Å². The van der Waals surface area contributed by atoms with Gasteiger partial charge in [-0.2, -0.15) is 0 Å².